The second-order valence-electron chi connectivity index (χ2n) is 4.02. The zero-order valence-corrected chi connectivity index (χ0v) is 12.5. The number of hydrogen-bond acceptors (Lipinski definition) is 5. The van der Waals surface area contributed by atoms with Crippen LogP contribution in [0.15, 0.2) is 10.7 Å². The molecule has 4 nitrogen and oxygen atoms in total. The molecule has 1 unspecified atom stereocenters. The van der Waals surface area contributed by atoms with Gasteiger partial charge in [0.15, 0.2) is 0 Å². The van der Waals surface area contributed by atoms with Crippen molar-refractivity contribution in [3.05, 3.63) is 10.7 Å². The van der Waals surface area contributed by atoms with E-state index < -0.39 is 0 Å². The summed E-state index contributed by atoms with van der Waals surface area (Å²) in [4.78, 5) is 11.0. The van der Waals surface area contributed by atoms with Crippen LogP contribution >= 0.6 is 27.7 Å². The predicted octanol–water partition coefficient (Wildman–Crippen LogP) is 2.61. The number of nitrogens with one attached hydrogen (secondary N) is 1. The summed E-state index contributed by atoms with van der Waals surface area (Å²) in [6.45, 7) is 2.88. The number of hydrogen-bond donors (Lipinski definition) is 1. The zero-order chi connectivity index (χ0) is 12.3. The third kappa shape index (κ3) is 3.04. The molecule has 0 aromatic carbocycles. The molecule has 1 saturated heterocycles. The van der Waals surface area contributed by atoms with Gasteiger partial charge >= 0.3 is 0 Å². The van der Waals surface area contributed by atoms with Gasteiger partial charge in [-0.1, -0.05) is 0 Å². The van der Waals surface area contributed by atoms with Gasteiger partial charge in [0.1, 0.15) is 5.82 Å². The second kappa shape index (κ2) is 5.91. The Morgan fingerprint density at radius 2 is 2.47 bits per heavy atom. The lowest BCUT2D eigenvalue weighted by Crippen LogP contribution is -2.32. The molecule has 94 valence electrons. The van der Waals surface area contributed by atoms with Crippen LogP contribution in [-0.2, 0) is 0 Å². The van der Waals surface area contributed by atoms with Crippen LogP contribution in [0, 0.1) is 0 Å². The van der Waals surface area contributed by atoms with Crippen molar-refractivity contribution >= 4 is 39.5 Å². The number of aromatic nitrogens is 2. The van der Waals surface area contributed by atoms with Crippen molar-refractivity contribution in [2.24, 2.45) is 0 Å². The molecule has 0 bridgehead atoms. The maximum atomic E-state index is 4.55. The normalized spacial score (nSPS) is 19.4. The first kappa shape index (κ1) is 13.0. The monoisotopic (exact) mass is 316 g/mol. The zero-order valence-electron chi connectivity index (χ0n) is 10.1. The van der Waals surface area contributed by atoms with E-state index >= 15 is 0 Å². The second-order valence-corrected chi connectivity index (χ2v) is 6.03. The van der Waals surface area contributed by atoms with Crippen LogP contribution in [0.5, 0.6) is 0 Å². The number of anilines is 2. The Labute approximate surface area is 115 Å². The van der Waals surface area contributed by atoms with Gasteiger partial charge in [-0.2, -0.15) is 16.7 Å². The highest BCUT2D eigenvalue weighted by Crippen LogP contribution is 2.29. The molecule has 1 aromatic rings. The Bertz CT molecular complexity index is 382. The van der Waals surface area contributed by atoms with Crippen molar-refractivity contribution < 1.29 is 0 Å². The highest BCUT2D eigenvalue weighted by molar-refractivity contribution is 9.10. The Morgan fingerprint density at radius 1 is 1.65 bits per heavy atom. The summed E-state index contributed by atoms with van der Waals surface area (Å²) in [5.41, 5.74) is 0. The van der Waals surface area contributed by atoms with Gasteiger partial charge in [0.05, 0.1) is 4.47 Å². The largest absolute Gasteiger partial charge is 0.355 e. The third-order valence-corrected chi connectivity index (χ3v) is 4.55. The molecule has 6 heteroatoms. The summed E-state index contributed by atoms with van der Waals surface area (Å²) in [5.74, 6) is 4.10. The molecule has 1 aliphatic rings. The van der Waals surface area contributed by atoms with Crippen LogP contribution in [-0.4, -0.2) is 41.1 Å². The molecule has 0 spiro atoms. The van der Waals surface area contributed by atoms with E-state index in [0.29, 0.717) is 12.0 Å². The molecule has 1 N–H and O–H groups in total. The van der Waals surface area contributed by atoms with Crippen LogP contribution in [0.4, 0.5) is 11.8 Å². The van der Waals surface area contributed by atoms with Gasteiger partial charge < -0.3 is 10.2 Å². The van der Waals surface area contributed by atoms with Crippen molar-refractivity contribution in [3.63, 3.8) is 0 Å². The Hall–Kier alpha value is -0.490. The van der Waals surface area contributed by atoms with Gasteiger partial charge in [-0.15, -0.1) is 0 Å². The number of nitrogens with zero attached hydrogens (tertiary/aromatic N) is 3. The van der Waals surface area contributed by atoms with Crippen molar-refractivity contribution in [1.82, 2.24) is 9.97 Å². The molecule has 17 heavy (non-hydrogen) atoms. The molecule has 0 radical (unpaired) electrons. The molecule has 1 fully saturated rings. The van der Waals surface area contributed by atoms with Crippen molar-refractivity contribution in [1.29, 1.82) is 0 Å². The van der Waals surface area contributed by atoms with E-state index in [9.17, 15) is 0 Å². The van der Waals surface area contributed by atoms with Gasteiger partial charge in [-0.3, -0.25) is 0 Å². The first-order valence-electron chi connectivity index (χ1n) is 5.79. The number of rotatable bonds is 4. The maximum Gasteiger partial charge on any atom is 0.224 e. The van der Waals surface area contributed by atoms with Crippen LogP contribution < -0.4 is 10.2 Å². The summed E-state index contributed by atoms with van der Waals surface area (Å²) in [6.07, 6.45) is 3.05. The minimum absolute atomic E-state index is 0.584. The first-order valence-corrected chi connectivity index (χ1v) is 7.74. The van der Waals surface area contributed by atoms with Crippen LogP contribution in [0.1, 0.15) is 13.3 Å². The SMILES string of the molecule is CCNc1ncc(Br)c(N(C)C2CCSC2)n1. The first-order chi connectivity index (χ1) is 8.22. The average molecular weight is 317 g/mol. The van der Waals surface area contributed by atoms with Gasteiger partial charge in [0.25, 0.3) is 0 Å². The molecule has 1 aromatic heterocycles. The molecule has 0 aliphatic carbocycles. The maximum absolute atomic E-state index is 4.55. The average Bonchev–Trinajstić information content (AvgIpc) is 2.85. The van der Waals surface area contributed by atoms with E-state index in [1.165, 1.54) is 17.9 Å². The summed E-state index contributed by atoms with van der Waals surface area (Å²) in [6, 6.07) is 0.584. The van der Waals surface area contributed by atoms with E-state index in [4.69, 9.17) is 0 Å². The molecular formula is C11H17BrN4S. The smallest absolute Gasteiger partial charge is 0.224 e. The molecule has 2 heterocycles. The van der Waals surface area contributed by atoms with Gasteiger partial charge in [0.2, 0.25) is 5.95 Å². The van der Waals surface area contributed by atoms with Crippen LogP contribution in [0.3, 0.4) is 0 Å². The number of halogens is 1. The van der Waals surface area contributed by atoms with Crippen LogP contribution in [0.25, 0.3) is 0 Å². The van der Waals surface area contributed by atoms with Gasteiger partial charge in [0, 0.05) is 31.6 Å². The fourth-order valence-corrected chi connectivity index (χ4v) is 3.59. The van der Waals surface area contributed by atoms with Crippen molar-refractivity contribution in [3.8, 4) is 0 Å². The highest BCUT2D eigenvalue weighted by Gasteiger charge is 2.23. The summed E-state index contributed by atoms with van der Waals surface area (Å²) < 4.78 is 0.957. The standard InChI is InChI=1S/C11H17BrN4S/c1-3-13-11-14-6-9(12)10(15-11)16(2)8-4-5-17-7-8/h6,8H,3-5,7H2,1-2H3,(H,13,14,15). The fraction of sp³-hybridized carbons (Fsp3) is 0.636. The molecule has 0 saturated carbocycles. The third-order valence-electron chi connectivity index (χ3n) is 2.85. The van der Waals surface area contributed by atoms with Gasteiger partial charge in [-0.25, -0.2) is 4.98 Å². The quantitative estimate of drug-likeness (QED) is 0.924. The predicted molar refractivity (Wildman–Crippen MR) is 78.0 cm³/mol. The van der Waals surface area contributed by atoms with E-state index in [2.05, 4.69) is 43.2 Å². The lowest BCUT2D eigenvalue weighted by molar-refractivity contribution is 0.689. The Morgan fingerprint density at radius 3 is 3.12 bits per heavy atom. The molecule has 1 atom stereocenters. The Kier molecular flexibility index (Phi) is 4.50. The molecule has 2 rings (SSSR count). The fourth-order valence-electron chi connectivity index (χ4n) is 1.85. The lowest BCUT2D eigenvalue weighted by atomic mass is 10.2. The van der Waals surface area contributed by atoms with E-state index in [1.807, 2.05) is 24.9 Å². The lowest BCUT2D eigenvalue weighted by Gasteiger charge is -2.25. The topological polar surface area (TPSA) is 41.1 Å². The van der Waals surface area contributed by atoms with E-state index in [0.717, 1.165) is 16.8 Å². The molecular weight excluding hydrogens is 300 g/mol. The molecule has 0 amide bonds. The Balaban J connectivity index is 2.19. The van der Waals surface area contributed by atoms with E-state index in [-0.39, 0.29) is 0 Å². The summed E-state index contributed by atoms with van der Waals surface area (Å²) in [7, 11) is 2.11. The molecule has 1 aliphatic heterocycles. The number of thioether (sulfide) groups is 1. The van der Waals surface area contributed by atoms with Crippen molar-refractivity contribution in [2.45, 2.75) is 19.4 Å². The minimum atomic E-state index is 0.584. The van der Waals surface area contributed by atoms with E-state index in [1.54, 1.807) is 0 Å². The van der Waals surface area contributed by atoms with Crippen LogP contribution in [0.2, 0.25) is 0 Å². The van der Waals surface area contributed by atoms with Gasteiger partial charge in [-0.05, 0) is 35.0 Å². The highest BCUT2D eigenvalue weighted by atomic mass is 79.9. The summed E-state index contributed by atoms with van der Waals surface area (Å²) in [5, 5.41) is 3.15. The summed E-state index contributed by atoms with van der Waals surface area (Å²) >= 11 is 5.54. The minimum Gasteiger partial charge on any atom is -0.355 e. The van der Waals surface area contributed by atoms with Crippen molar-refractivity contribution in [2.75, 3.05) is 35.3 Å².